The Hall–Kier alpha value is -2.42. The minimum atomic E-state index is -5.82. The maximum atomic E-state index is 13.2. The highest BCUT2D eigenvalue weighted by Gasteiger charge is 2.60. The van der Waals surface area contributed by atoms with E-state index in [1.54, 1.807) is 9.80 Å². The van der Waals surface area contributed by atoms with Gasteiger partial charge < -0.3 is 19.6 Å². The summed E-state index contributed by atoms with van der Waals surface area (Å²) < 4.78 is 119. The summed E-state index contributed by atoms with van der Waals surface area (Å²) in [6, 6.07) is 3.18. The Kier molecular flexibility index (Phi) is 7.70. The number of amides is 1. The molecule has 6 nitrogen and oxygen atoms in total. The predicted molar refractivity (Wildman–Crippen MR) is 104 cm³/mol. The molecule has 3 rings (SSSR count). The molecule has 1 aromatic carbocycles. The predicted octanol–water partition coefficient (Wildman–Crippen LogP) is 4.02. The lowest BCUT2D eigenvalue weighted by Crippen LogP contribution is -2.52. The molecule has 0 aromatic heterocycles. The number of piperazine rings is 1. The van der Waals surface area contributed by atoms with Gasteiger partial charge in [-0.05, 0) is 24.1 Å². The average molecular weight is 523 g/mol. The maximum Gasteiger partial charge on any atom is 0.434 e. The van der Waals surface area contributed by atoms with Crippen molar-refractivity contribution in [2.45, 2.75) is 43.7 Å². The van der Waals surface area contributed by atoms with Crippen molar-refractivity contribution in [2.24, 2.45) is 0 Å². The highest BCUT2D eigenvalue weighted by molar-refractivity contribution is 5.68. The van der Waals surface area contributed by atoms with Crippen LogP contribution in [0.25, 0.3) is 0 Å². The molecule has 1 unspecified atom stereocenters. The number of nitrogens with zero attached hydrogens (tertiary/aromatic N) is 3. The second kappa shape index (κ2) is 9.91. The van der Waals surface area contributed by atoms with E-state index in [-0.39, 0.29) is 45.0 Å². The summed E-state index contributed by atoms with van der Waals surface area (Å²) in [5.74, 6) is 0. The van der Waals surface area contributed by atoms with Crippen molar-refractivity contribution < 1.29 is 54.2 Å². The number of halogens is 9. The average Bonchev–Trinajstić information content (AvgIpc) is 3.16. The van der Waals surface area contributed by atoms with E-state index in [1.165, 1.54) is 6.07 Å². The normalized spacial score (nSPS) is 20.6. The number of benzene rings is 1. The molecule has 1 atom stereocenters. The van der Waals surface area contributed by atoms with Crippen molar-refractivity contribution in [3.8, 4) is 0 Å². The number of hydrogen-bond acceptors (Lipinski definition) is 5. The first-order valence-corrected chi connectivity index (χ1v) is 10.5. The number of aliphatic hydroxyl groups excluding tert-OH is 1. The topological polar surface area (TPSA) is 56.2 Å². The van der Waals surface area contributed by atoms with E-state index in [0.29, 0.717) is 23.4 Å². The SMILES string of the molecule is O=C(OC(C(F)(F)F)C(F)(F)F)N1CCN(Cc2ccc(C(F)(F)F)cc2N2CCC(O)C2)CC1. The quantitative estimate of drug-likeness (QED) is 0.605. The first-order chi connectivity index (χ1) is 16.1. The zero-order chi connectivity index (χ0) is 26.2. The van der Waals surface area contributed by atoms with Crippen LogP contribution in [0.2, 0.25) is 0 Å². The summed E-state index contributed by atoms with van der Waals surface area (Å²) in [5.41, 5.74) is -0.0946. The van der Waals surface area contributed by atoms with Crippen LogP contribution in [0.15, 0.2) is 18.2 Å². The number of anilines is 1. The zero-order valence-corrected chi connectivity index (χ0v) is 18.1. The van der Waals surface area contributed by atoms with Gasteiger partial charge >= 0.3 is 24.6 Å². The molecule has 1 N–H and O–H groups in total. The van der Waals surface area contributed by atoms with Crippen LogP contribution in [-0.2, 0) is 17.5 Å². The van der Waals surface area contributed by atoms with Gasteiger partial charge in [0, 0.05) is 51.5 Å². The van der Waals surface area contributed by atoms with E-state index in [0.717, 1.165) is 12.1 Å². The Morgan fingerprint density at radius 2 is 1.57 bits per heavy atom. The van der Waals surface area contributed by atoms with Crippen molar-refractivity contribution in [1.29, 1.82) is 0 Å². The number of aliphatic hydroxyl groups is 1. The van der Waals surface area contributed by atoms with E-state index in [4.69, 9.17) is 0 Å². The minimum Gasteiger partial charge on any atom is -0.426 e. The van der Waals surface area contributed by atoms with Crippen LogP contribution in [0.4, 0.5) is 50.0 Å². The van der Waals surface area contributed by atoms with Crippen LogP contribution < -0.4 is 4.90 Å². The standard InChI is InChI=1S/C20H22F9N3O3/c21-18(22,23)13-2-1-12(15(9-13)32-4-3-14(33)11-32)10-30-5-7-31(8-6-30)17(34)35-16(19(24,25)26)20(27,28)29/h1-2,9,14,16,33H,3-8,10-11H2. The Labute approximate surface area is 193 Å². The van der Waals surface area contributed by atoms with Crippen LogP contribution in [0.1, 0.15) is 17.5 Å². The number of carbonyl (C=O) groups is 1. The number of rotatable bonds is 4. The van der Waals surface area contributed by atoms with Gasteiger partial charge in [0.2, 0.25) is 0 Å². The van der Waals surface area contributed by atoms with Crippen molar-refractivity contribution in [3.05, 3.63) is 29.3 Å². The highest BCUT2D eigenvalue weighted by atomic mass is 19.4. The molecule has 1 aromatic rings. The van der Waals surface area contributed by atoms with Crippen LogP contribution in [0.5, 0.6) is 0 Å². The summed E-state index contributed by atoms with van der Waals surface area (Å²) in [6.45, 7) is 0.222. The van der Waals surface area contributed by atoms with Crippen molar-refractivity contribution in [1.82, 2.24) is 9.80 Å². The first kappa shape index (κ1) is 27.2. The number of hydrogen-bond donors (Lipinski definition) is 1. The lowest BCUT2D eigenvalue weighted by atomic mass is 10.1. The maximum absolute atomic E-state index is 13.2. The van der Waals surface area contributed by atoms with E-state index in [2.05, 4.69) is 4.74 Å². The van der Waals surface area contributed by atoms with Crippen LogP contribution >= 0.6 is 0 Å². The number of ether oxygens (including phenoxy) is 1. The van der Waals surface area contributed by atoms with E-state index in [9.17, 15) is 49.4 Å². The molecule has 0 saturated carbocycles. The Morgan fingerprint density at radius 3 is 2.06 bits per heavy atom. The van der Waals surface area contributed by atoms with Gasteiger partial charge in [-0.3, -0.25) is 4.90 Å². The smallest absolute Gasteiger partial charge is 0.426 e. The minimum absolute atomic E-state index is 0.0425. The third-order valence-corrected chi connectivity index (χ3v) is 5.75. The van der Waals surface area contributed by atoms with E-state index in [1.807, 2.05) is 0 Å². The summed E-state index contributed by atoms with van der Waals surface area (Å²) in [7, 11) is 0. The third kappa shape index (κ3) is 6.84. The molecule has 198 valence electrons. The Morgan fingerprint density at radius 1 is 0.971 bits per heavy atom. The largest absolute Gasteiger partial charge is 0.434 e. The number of β-amino-alcohol motifs (C(OH)–C–C–N with tert-alkyl or cyclic N) is 1. The molecule has 15 heteroatoms. The van der Waals surface area contributed by atoms with Crippen LogP contribution in [0.3, 0.4) is 0 Å². The molecular formula is C20H22F9N3O3. The fourth-order valence-corrected chi connectivity index (χ4v) is 3.95. The summed E-state index contributed by atoms with van der Waals surface area (Å²) in [4.78, 5) is 15.9. The molecule has 0 aliphatic carbocycles. The summed E-state index contributed by atoms with van der Waals surface area (Å²) in [5, 5.41) is 9.78. The van der Waals surface area contributed by atoms with Crippen LogP contribution in [-0.4, -0.2) is 84.8 Å². The fraction of sp³-hybridized carbons (Fsp3) is 0.650. The molecule has 2 fully saturated rings. The van der Waals surface area contributed by atoms with Gasteiger partial charge in [-0.1, -0.05) is 6.07 Å². The lowest BCUT2D eigenvalue weighted by Gasteiger charge is -2.36. The number of alkyl halides is 9. The molecule has 2 saturated heterocycles. The molecular weight excluding hydrogens is 501 g/mol. The van der Waals surface area contributed by atoms with Crippen molar-refractivity contribution in [3.63, 3.8) is 0 Å². The Balaban J connectivity index is 1.66. The lowest BCUT2D eigenvalue weighted by molar-refractivity contribution is -0.308. The zero-order valence-electron chi connectivity index (χ0n) is 18.1. The van der Waals surface area contributed by atoms with Crippen LogP contribution in [0, 0.1) is 0 Å². The van der Waals surface area contributed by atoms with Gasteiger partial charge in [0.25, 0.3) is 6.10 Å². The van der Waals surface area contributed by atoms with Gasteiger partial charge in [0.1, 0.15) is 0 Å². The molecule has 0 spiro atoms. The molecule has 0 radical (unpaired) electrons. The third-order valence-electron chi connectivity index (χ3n) is 5.75. The highest BCUT2D eigenvalue weighted by Crippen LogP contribution is 2.37. The summed E-state index contributed by atoms with van der Waals surface area (Å²) in [6.07, 6.45) is -22.5. The fourth-order valence-electron chi connectivity index (χ4n) is 3.95. The second-order valence-corrected chi connectivity index (χ2v) is 8.34. The second-order valence-electron chi connectivity index (χ2n) is 8.34. The van der Waals surface area contributed by atoms with Crippen molar-refractivity contribution >= 4 is 11.8 Å². The summed E-state index contributed by atoms with van der Waals surface area (Å²) >= 11 is 0. The Bertz CT molecular complexity index is 883. The monoisotopic (exact) mass is 523 g/mol. The van der Waals surface area contributed by atoms with Gasteiger partial charge in [-0.15, -0.1) is 0 Å². The molecule has 2 heterocycles. The molecule has 2 aliphatic heterocycles. The van der Waals surface area contributed by atoms with Gasteiger partial charge in [0.15, 0.2) is 0 Å². The van der Waals surface area contributed by atoms with Gasteiger partial charge in [-0.25, -0.2) is 4.79 Å². The molecule has 1 amide bonds. The number of carbonyl (C=O) groups excluding carboxylic acids is 1. The molecule has 35 heavy (non-hydrogen) atoms. The molecule has 2 aliphatic rings. The van der Waals surface area contributed by atoms with Gasteiger partial charge in [0.05, 0.1) is 11.7 Å². The van der Waals surface area contributed by atoms with E-state index < -0.39 is 42.4 Å². The van der Waals surface area contributed by atoms with Crippen molar-refractivity contribution in [2.75, 3.05) is 44.2 Å². The first-order valence-electron chi connectivity index (χ1n) is 10.5. The molecule has 0 bridgehead atoms. The van der Waals surface area contributed by atoms with Gasteiger partial charge in [-0.2, -0.15) is 39.5 Å². The van der Waals surface area contributed by atoms with E-state index >= 15 is 0 Å².